The Labute approximate surface area is 116 Å². The molecule has 5 nitrogen and oxygen atoms in total. The normalized spacial score (nSPS) is 18.3. The van der Waals surface area contributed by atoms with Crippen LogP contribution in [-0.2, 0) is 14.6 Å². The summed E-state index contributed by atoms with van der Waals surface area (Å²) in [5.41, 5.74) is 5.58. The lowest BCUT2D eigenvalue weighted by atomic mass is 9.93. The van der Waals surface area contributed by atoms with Crippen LogP contribution in [0.3, 0.4) is 0 Å². The third-order valence-electron chi connectivity index (χ3n) is 4.09. The number of sulfone groups is 1. The first-order valence-corrected chi connectivity index (χ1v) is 8.81. The summed E-state index contributed by atoms with van der Waals surface area (Å²) in [4.78, 5) is 14.3. The van der Waals surface area contributed by atoms with Crippen molar-refractivity contribution in [1.29, 1.82) is 0 Å². The topological polar surface area (TPSA) is 80.5 Å². The van der Waals surface area contributed by atoms with Gasteiger partial charge in [0.15, 0.2) is 9.84 Å². The Balaban J connectivity index is 2.95. The number of hydrogen-bond donors (Lipinski definition) is 1. The van der Waals surface area contributed by atoms with Crippen molar-refractivity contribution >= 4 is 15.7 Å². The van der Waals surface area contributed by atoms with Gasteiger partial charge in [-0.1, -0.05) is 19.3 Å². The fourth-order valence-electron chi connectivity index (χ4n) is 2.49. The lowest BCUT2D eigenvalue weighted by molar-refractivity contribution is -0.136. The zero-order chi connectivity index (χ0) is 14.7. The maximum absolute atomic E-state index is 12.6. The van der Waals surface area contributed by atoms with Crippen molar-refractivity contribution in [2.24, 2.45) is 5.73 Å². The molecule has 0 saturated heterocycles. The lowest BCUT2D eigenvalue weighted by Crippen LogP contribution is -2.54. The molecule has 1 saturated carbocycles. The summed E-state index contributed by atoms with van der Waals surface area (Å²) in [6, 6.07) is 0.144. The van der Waals surface area contributed by atoms with Crippen LogP contribution in [-0.4, -0.2) is 49.4 Å². The summed E-state index contributed by atoms with van der Waals surface area (Å²) in [6.07, 6.45) is 6.40. The van der Waals surface area contributed by atoms with Crippen molar-refractivity contribution in [3.63, 3.8) is 0 Å². The smallest absolute Gasteiger partial charge is 0.243 e. The van der Waals surface area contributed by atoms with E-state index in [2.05, 4.69) is 0 Å². The van der Waals surface area contributed by atoms with Crippen LogP contribution in [0.5, 0.6) is 0 Å². The van der Waals surface area contributed by atoms with Crippen LogP contribution in [0.1, 0.15) is 46.0 Å². The molecular formula is C13H26N2O3S. The predicted molar refractivity (Wildman–Crippen MR) is 76.6 cm³/mol. The van der Waals surface area contributed by atoms with Crippen LogP contribution in [0.25, 0.3) is 0 Å². The highest BCUT2D eigenvalue weighted by atomic mass is 32.2. The fraction of sp³-hybridized carbons (Fsp3) is 0.923. The van der Waals surface area contributed by atoms with E-state index >= 15 is 0 Å². The summed E-state index contributed by atoms with van der Waals surface area (Å²) in [7, 11) is -3.44. The molecule has 1 rings (SSSR count). The second kappa shape index (κ2) is 6.22. The van der Waals surface area contributed by atoms with E-state index in [0.717, 1.165) is 31.9 Å². The molecule has 0 aromatic carbocycles. The van der Waals surface area contributed by atoms with Gasteiger partial charge in [0.1, 0.15) is 4.75 Å². The van der Waals surface area contributed by atoms with Gasteiger partial charge in [-0.25, -0.2) is 8.42 Å². The van der Waals surface area contributed by atoms with E-state index in [1.54, 1.807) is 4.90 Å². The van der Waals surface area contributed by atoms with Crippen LogP contribution in [0.15, 0.2) is 0 Å². The van der Waals surface area contributed by atoms with Gasteiger partial charge >= 0.3 is 0 Å². The quantitative estimate of drug-likeness (QED) is 0.817. The zero-order valence-electron chi connectivity index (χ0n) is 12.2. The van der Waals surface area contributed by atoms with Crippen molar-refractivity contribution in [2.75, 3.05) is 19.3 Å². The van der Waals surface area contributed by atoms with Gasteiger partial charge in [0.05, 0.1) is 0 Å². The first-order valence-electron chi connectivity index (χ1n) is 6.92. The fourth-order valence-corrected chi connectivity index (χ4v) is 2.92. The minimum atomic E-state index is -3.44. The van der Waals surface area contributed by atoms with E-state index in [-0.39, 0.29) is 11.9 Å². The Morgan fingerprint density at radius 3 is 2.21 bits per heavy atom. The highest BCUT2D eigenvalue weighted by Gasteiger charge is 2.43. The molecule has 0 aromatic heterocycles. The molecule has 2 N–H and O–H groups in total. The van der Waals surface area contributed by atoms with Crippen molar-refractivity contribution in [2.45, 2.75) is 56.7 Å². The monoisotopic (exact) mass is 290 g/mol. The molecule has 1 fully saturated rings. The van der Waals surface area contributed by atoms with Crippen LogP contribution in [0.4, 0.5) is 0 Å². The van der Waals surface area contributed by atoms with Gasteiger partial charge in [0.25, 0.3) is 0 Å². The van der Waals surface area contributed by atoms with Gasteiger partial charge in [-0.15, -0.1) is 0 Å². The van der Waals surface area contributed by atoms with Crippen LogP contribution in [0.2, 0.25) is 0 Å². The molecule has 0 unspecified atom stereocenters. The molecule has 6 heteroatoms. The molecule has 0 radical (unpaired) electrons. The standard InChI is InChI=1S/C13H26N2O3S/c1-13(2,19(3,17)18)12(16)15(10-9-14)11-7-5-4-6-8-11/h11H,4-10,14H2,1-3H3. The van der Waals surface area contributed by atoms with Crippen molar-refractivity contribution in [3.8, 4) is 0 Å². The molecule has 1 amide bonds. The predicted octanol–water partition coefficient (Wildman–Crippen LogP) is 0.930. The molecule has 1 aliphatic rings. The van der Waals surface area contributed by atoms with Crippen molar-refractivity contribution in [3.05, 3.63) is 0 Å². The van der Waals surface area contributed by atoms with Crippen LogP contribution in [0, 0.1) is 0 Å². The van der Waals surface area contributed by atoms with Crippen LogP contribution < -0.4 is 5.73 Å². The Hall–Kier alpha value is -0.620. The second-order valence-electron chi connectivity index (χ2n) is 5.86. The number of hydrogen-bond acceptors (Lipinski definition) is 4. The van der Waals surface area contributed by atoms with Gasteiger partial charge in [0, 0.05) is 25.4 Å². The molecule has 19 heavy (non-hydrogen) atoms. The third-order valence-corrected chi connectivity index (χ3v) is 6.12. The van der Waals surface area contributed by atoms with Crippen LogP contribution >= 0.6 is 0 Å². The zero-order valence-corrected chi connectivity index (χ0v) is 13.0. The maximum Gasteiger partial charge on any atom is 0.243 e. The number of carbonyl (C=O) groups is 1. The number of amides is 1. The summed E-state index contributed by atoms with van der Waals surface area (Å²) in [5, 5.41) is 0. The molecule has 112 valence electrons. The molecule has 0 aliphatic heterocycles. The SMILES string of the molecule is CC(C)(C(=O)N(CCN)C1CCCCC1)S(C)(=O)=O. The number of carbonyl (C=O) groups excluding carboxylic acids is 1. The number of rotatable bonds is 5. The molecule has 0 aromatic rings. The minimum absolute atomic E-state index is 0.144. The number of nitrogens with zero attached hydrogens (tertiary/aromatic N) is 1. The van der Waals surface area contributed by atoms with Crippen molar-refractivity contribution < 1.29 is 13.2 Å². The molecule has 1 aliphatic carbocycles. The summed E-state index contributed by atoms with van der Waals surface area (Å²) in [6.45, 7) is 3.76. The summed E-state index contributed by atoms with van der Waals surface area (Å²) < 4.78 is 22.2. The molecule has 0 heterocycles. The number of nitrogens with two attached hydrogens (primary N) is 1. The Morgan fingerprint density at radius 2 is 1.79 bits per heavy atom. The third kappa shape index (κ3) is 3.69. The summed E-state index contributed by atoms with van der Waals surface area (Å²) in [5.74, 6) is -0.313. The Morgan fingerprint density at radius 1 is 1.26 bits per heavy atom. The first kappa shape index (κ1) is 16.4. The summed E-state index contributed by atoms with van der Waals surface area (Å²) >= 11 is 0. The lowest BCUT2D eigenvalue weighted by Gasteiger charge is -2.38. The van der Waals surface area contributed by atoms with E-state index in [1.165, 1.54) is 20.3 Å². The van der Waals surface area contributed by atoms with Gasteiger partial charge in [-0.2, -0.15) is 0 Å². The molecule has 0 spiro atoms. The first-order chi connectivity index (χ1) is 8.71. The van der Waals surface area contributed by atoms with Gasteiger partial charge in [-0.05, 0) is 26.7 Å². The Kier molecular flexibility index (Phi) is 5.38. The van der Waals surface area contributed by atoms with Crippen molar-refractivity contribution in [1.82, 2.24) is 4.90 Å². The Bertz CT molecular complexity index is 412. The van der Waals surface area contributed by atoms with Gasteiger partial charge in [-0.3, -0.25) is 4.79 Å². The minimum Gasteiger partial charge on any atom is -0.337 e. The molecule has 0 atom stereocenters. The molecule has 0 bridgehead atoms. The highest BCUT2D eigenvalue weighted by molar-refractivity contribution is 7.92. The highest BCUT2D eigenvalue weighted by Crippen LogP contribution is 2.26. The van der Waals surface area contributed by atoms with E-state index in [4.69, 9.17) is 5.73 Å². The van der Waals surface area contributed by atoms with E-state index in [9.17, 15) is 13.2 Å². The van der Waals surface area contributed by atoms with E-state index in [0.29, 0.717) is 13.1 Å². The van der Waals surface area contributed by atoms with Gasteiger partial charge in [0.2, 0.25) is 5.91 Å². The molecular weight excluding hydrogens is 264 g/mol. The van der Waals surface area contributed by atoms with E-state index < -0.39 is 14.6 Å². The maximum atomic E-state index is 12.6. The van der Waals surface area contributed by atoms with E-state index in [1.807, 2.05) is 0 Å². The average molecular weight is 290 g/mol. The second-order valence-corrected chi connectivity index (χ2v) is 8.43. The average Bonchev–Trinajstić information content (AvgIpc) is 2.34. The van der Waals surface area contributed by atoms with Gasteiger partial charge < -0.3 is 10.6 Å². The largest absolute Gasteiger partial charge is 0.337 e.